The van der Waals surface area contributed by atoms with Gasteiger partial charge in [-0.2, -0.15) is 0 Å². The Morgan fingerprint density at radius 3 is 2.17 bits per heavy atom. The molecule has 0 aliphatic heterocycles. The van der Waals surface area contributed by atoms with E-state index in [2.05, 4.69) is 35.0 Å². The first-order chi connectivity index (χ1) is 8.29. The molecule has 0 saturated heterocycles. The van der Waals surface area contributed by atoms with Crippen LogP contribution in [0.1, 0.15) is 25.0 Å². The van der Waals surface area contributed by atoms with E-state index < -0.39 is 0 Å². The molecule has 96 valence electrons. The Hall–Kier alpha value is -1.32. The molecule has 3 heteroatoms. The Kier molecular flexibility index (Phi) is 5.89. The predicted octanol–water partition coefficient (Wildman–Crippen LogP) is 5.14. The molecule has 2 aromatic rings. The van der Waals surface area contributed by atoms with Crippen molar-refractivity contribution in [2.75, 3.05) is 0 Å². The summed E-state index contributed by atoms with van der Waals surface area (Å²) >= 11 is 3.44. The molecule has 0 radical (unpaired) electrons. The van der Waals surface area contributed by atoms with Gasteiger partial charge in [0.25, 0.3) is 0 Å². The normalized spacial score (nSPS) is 11.4. The fraction of sp³-hybridized carbons (Fsp3) is 0.200. The fourth-order valence-electron chi connectivity index (χ4n) is 1.73. The van der Waals surface area contributed by atoms with Gasteiger partial charge in [-0.3, -0.25) is 0 Å². The molecule has 0 bridgehead atoms. The second-order valence-corrected chi connectivity index (χ2v) is 4.80. The number of hydrogen-bond acceptors (Lipinski definition) is 2. The lowest BCUT2D eigenvalue weighted by Crippen LogP contribution is -2.06. The van der Waals surface area contributed by atoms with Crippen LogP contribution in [-0.2, 0) is 0 Å². The fourth-order valence-corrected chi connectivity index (χ4v) is 1.99. The van der Waals surface area contributed by atoms with E-state index in [-0.39, 0.29) is 12.3 Å². The van der Waals surface area contributed by atoms with Crippen LogP contribution in [0.5, 0.6) is 5.75 Å². The van der Waals surface area contributed by atoms with Crippen LogP contribution in [0.25, 0.3) is 0 Å². The summed E-state index contributed by atoms with van der Waals surface area (Å²) in [4.78, 5) is 0. The van der Waals surface area contributed by atoms with E-state index >= 15 is 0 Å². The highest BCUT2D eigenvalue weighted by Gasteiger charge is 2.10. The Balaban J connectivity index is 0.00000162. The number of halogens is 1. The van der Waals surface area contributed by atoms with Gasteiger partial charge in [0, 0.05) is 4.47 Å². The third-order valence-electron chi connectivity index (χ3n) is 2.63. The summed E-state index contributed by atoms with van der Waals surface area (Å²) in [5.41, 5.74) is 1.21. The third kappa shape index (κ3) is 3.86. The number of benzene rings is 2. The second kappa shape index (κ2) is 7.19. The Bertz CT molecular complexity index is 456. The molecule has 0 amide bonds. The lowest BCUT2D eigenvalue weighted by molar-refractivity contribution is 0.201. The highest BCUT2D eigenvalue weighted by Crippen LogP contribution is 2.25. The van der Waals surface area contributed by atoms with Crippen molar-refractivity contribution in [1.82, 2.24) is 6.15 Å². The molecule has 2 nitrogen and oxygen atoms in total. The zero-order valence-electron chi connectivity index (χ0n) is 10.5. The first kappa shape index (κ1) is 14.7. The van der Waals surface area contributed by atoms with E-state index in [1.165, 1.54) is 5.56 Å². The van der Waals surface area contributed by atoms with Crippen LogP contribution in [-0.4, -0.2) is 0 Å². The van der Waals surface area contributed by atoms with E-state index in [0.29, 0.717) is 0 Å². The monoisotopic (exact) mass is 307 g/mol. The summed E-state index contributed by atoms with van der Waals surface area (Å²) in [6, 6.07) is 18.2. The van der Waals surface area contributed by atoms with E-state index in [1.54, 1.807) is 0 Å². The second-order valence-electron chi connectivity index (χ2n) is 3.88. The van der Waals surface area contributed by atoms with Crippen LogP contribution < -0.4 is 10.9 Å². The standard InChI is InChI=1S/C15H15BrO.H3N/c1-2-15(12-8-10-13(16)11-9-12)17-14-6-4-3-5-7-14;/h3-11,15H,2H2,1H3;1H3. The van der Waals surface area contributed by atoms with E-state index in [0.717, 1.165) is 16.6 Å². The number of rotatable bonds is 4. The Morgan fingerprint density at radius 1 is 1.00 bits per heavy atom. The van der Waals surface area contributed by atoms with Gasteiger partial charge in [-0.1, -0.05) is 53.2 Å². The summed E-state index contributed by atoms with van der Waals surface area (Å²) in [7, 11) is 0. The molecule has 0 saturated carbocycles. The molecule has 3 N–H and O–H groups in total. The van der Waals surface area contributed by atoms with Gasteiger partial charge < -0.3 is 10.9 Å². The zero-order chi connectivity index (χ0) is 12.1. The average molecular weight is 308 g/mol. The van der Waals surface area contributed by atoms with Crippen molar-refractivity contribution >= 4 is 15.9 Å². The minimum Gasteiger partial charge on any atom is -0.486 e. The van der Waals surface area contributed by atoms with Gasteiger partial charge in [0.1, 0.15) is 11.9 Å². The van der Waals surface area contributed by atoms with Gasteiger partial charge >= 0.3 is 0 Å². The molecule has 0 fully saturated rings. The average Bonchev–Trinajstić information content (AvgIpc) is 2.38. The number of hydrogen-bond donors (Lipinski definition) is 1. The molecule has 2 aromatic carbocycles. The molecule has 0 spiro atoms. The van der Waals surface area contributed by atoms with Gasteiger partial charge in [-0.05, 0) is 36.2 Å². The van der Waals surface area contributed by atoms with Crippen molar-refractivity contribution < 1.29 is 4.74 Å². The number of para-hydroxylation sites is 1. The maximum Gasteiger partial charge on any atom is 0.123 e. The van der Waals surface area contributed by atoms with Crippen molar-refractivity contribution in [3.8, 4) is 5.75 Å². The Morgan fingerprint density at radius 2 is 1.61 bits per heavy atom. The van der Waals surface area contributed by atoms with Crippen molar-refractivity contribution in [3.05, 3.63) is 64.6 Å². The van der Waals surface area contributed by atoms with Crippen molar-refractivity contribution in [2.45, 2.75) is 19.4 Å². The summed E-state index contributed by atoms with van der Waals surface area (Å²) in [5.74, 6) is 0.919. The van der Waals surface area contributed by atoms with Gasteiger partial charge in [-0.15, -0.1) is 0 Å². The van der Waals surface area contributed by atoms with Crippen molar-refractivity contribution in [3.63, 3.8) is 0 Å². The Labute approximate surface area is 117 Å². The third-order valence-corrected chi connectivity index (χ3v) is 3.16. The summed E-state index contributed by atoms with van der Waals surface area (Å²) < 4.78 is 7.07. The van der Waals surface area contributed by atoms with E-state index in [1.807, 2.05) is 42.5 Å². The van der Waals surface area contributed by atoms with E-state index in [9.17, 15) is 0 Å². The van der Waals surface area contributed by atoms with Crippen LogP contribution in [0.15, 0.2) is 59.1 Å². The van der Waals surface area contributed by atoms with Gasteiger partial charge in [0.15, 0.2) is 0 Å². The highest BCUT2D eigenvalue weighted by atomic mass is 79.9. The van der Waals surface area contributed by atoms with Crippen LogP contribution in [0.2, 0.25) is 0 Å². The van der Waals surface area contributed by atoms with Crippen LogP contribution in [0.3, 0.4) is 0 Å². The minimum absolute atomic E-state index is 0. The van der Waals surface area contributed by atoms with Crippen LogP contribution in [0, 0.1) is 0 Å². The first-order valence-electron chi connectivity index (χ1n) is 5.76. The smallest absolute Gasteiger partial charge is 0.123 e. The lowest BCUT2D eigenvalue weighted by Gasteiger charge is -2.18. The number of ether oxygens (including phenoxy) is 1. The molecular weight excluding hydrogens is 290 g/mol. The maximum atomic E-state index is 5.97. The van der Waals surface area contributed by atoms with Crippen LogP contribution >= 0.6 is 15.9 Å². The molecule has 0 aromatic heterocycles. The van der Waals surface area contributed by atoms with Crippen molar-refractivity contribution in [2.24, 2.45) is 0 Å². The van der Waals surface area contributed by atoms with E-state index in [4.69, 9.17) is 4.74 Å². The molecule has 0 aliphatic rings. The quantitative estimate of drug-likeness (QED) is 0.849. The summed E-state index contributed by atoms with van der Waals surface area (Å²) in [6.45, 7) is 2.13. The molecule has 0 aliphatic carbocycles. The largest absolute Gasteiger partial charge is 0.486 e. The molecule has 18 heavy (non-hydrogen) atoms. The molecule has 0 heterocycles. The summed E-state index contributed by atoms with van der Waals surface area (Å²) in [6.07, 6.45) is 1.07. The van der Waals surface area contributed by atoms with Gasteiger partial charge in [0.2, 0.25) is 0 Å². The minimum atomic E-state index is 0. The van der Waals surface area contributed by atoms with Gasteiger partial charge in [-0.25, -0.2) is 0 Å². The summed E-state index contributed by atoms with van der Waals surface area (Å²) in [5, 5.41) is 0. The lowest BCUT2D eigenvalue weighted by atomic mass is 10.1. The predicted molar refractivity (Wildman–Crippen MR) is 79.3 cm³/mol. The molecular formula is C15H18BrNO. The van der Waals surface area contributed by atoms with Crippen molar-refractivity contribution in [1.29, 1.82) is 0 Å². The molecule has 2 rings (SSSR count). The van der Waals surface area contributed by atoms with Crippen LogP contribution in [0.4, 0.5) is 0 Å². The highest BCUT2D eigenvalue weighted by molar-refractivity contribution is 9.10. The van der Waals surface area contributed by atoms with Gasteiger partial charge in [0.05, 0.1) is 0 Å². The molecule has 1 unspecified atom stereocenters. The molecule has 1 atom stereocenters. The SMILES string of the molecule is CCC(Oc1ccccc1)c1ccc(Br)cc1.N. The zero-order valence-corrected chi connectivity index (χ0v) is 12.1. The maximum absolute atomic E-state index is 5.97. The first-order valence-corrected chi connectivity index (χ1v) is 6.56. The topological polar surface area (TPSA) is 44.2 Å².